The summed E-state index contributed by atoms with van der Waals surface area (Å²) >= 11 is 0. The van der Waals surface area contributed by atoms with Crippen LogP contribution < -0.4 is 14.8 Å². The first-order chi connectivity index (χ1) is 19.1. The number of rotatable bonds is 6. The summed E-state index contributed by atoms with van der Waals surface area (Å²) in [6, 6.07) is 2.11. The molecule has 1 fully saturated rings. The van der Waals surface area contributed by atoms with Crippen molar-refractivity contribution in [2.75, 3.05) is 34.6 Å². The molecule has 1 amide bonds. The number of ketones is 2. The molecule has 1 aromatic carbocycles. The molecule has 3 heterocycles. The number of hydrogen-bond donors (Lipinski definition) is 2. The highest BCUT2D eigenvalue weighted by Crippen LogP contribution is 2.54. The summed E-state index contributed by atoms with van der Waals surface area (Å²) in [4.78, 5) is 42.4. The highest BCUT2D eigenvalue weighted by molar-refractivity contribution is 6.50. The zero-order valence-electron chi connectivity index (χ0n) is 23.5. The topological polar surface area (TPSA) is 141 Å². The van der Waals surface area contributed by atoms with Crippen LogP contribution in [0.25, 0.3) is 0 Å². The second kappa shape index (κ2) is 10.4. The number of aliphatic hydroxyl groups is 1. The first-order valence-electron chi connectivity index (χ1n) is 13.2. The van der Waals surface area contributed by atoms with Crippen LogP contribution in [0.15, 0.2) is 28.5 Å². The number of nitrogens with zero attached hydrogens (tertiary/aromatic N) is 3. The van der Waals surface area contributed by atoms with E-state index in [1.807, 2.05) is 18.9 Å². The standard InChI is InChI=1S/C29H34N4O7/c1-13-7-16-8-18-20(10-30)33-19(24(32(18)4)22(16)29(28(13)39-6)40-12-38-5)9-17-23(21(33)11-31-15(3)34)27(37)26(36)14(2)25(17)35/h7,18-21,24,35H,8-9,11-12H2,1-6H3,(H,31,34)/t18-,19?,20-,21?,24-/m0/s1. The van der Waals surface area contributed by atoms with Crippen molar-refractivity contribution in [2.24, 2.45) is 0 Å². The SMILES string of the molecule is COCOc1c(OC)c(C)cc2c1[C@@H]1C3CC4=C(C(=O)C(=O)C(C)=C4O)C(CNC(C)=O)N3[C@@H](C#N)[C@H](C2)N1C. The molecule has 2 bridgehead atoms. The molecule has 11 nitrogen and oxygen atoms in total. The van der Waals surface area contributed by atoms with Gasteiger partial charge in [0.2, 0.25) is 17.5 Å². The Morgan fingerprint density at radius 2 is 1.90 bits per heavy atom. The summed E-state index contributed by atoms with van der Waals surface area (Å²) in [5.74, 6) is -0.863. The van der Waals surface area contributed by atoms with Gasteiger partial charge < -0.3 is 24.6 Å². The number of hydrogen-bond acceptors (Lipinski definition) is 10. The number of carbonyl (C=O) groups excluding carboxylic acids is 3. The normalized spacial score (nSPS) is 28.0. The van der Waals surface area contributed by atoms with Gasteiger partial charge in [-0.1, -0.05) is 6.07 Å². The number of aryl methyl sites for hydroxylation is 1. The number of carbonyl (C=O) groups is 3. The van der Waals surface area contributed by atoms with E-state index in [9.17, 15) is 24.8 Å². The smallest absolute Gasteiger partial charge is 0.232 e. The number of Topliss-reactive ketones (excluding diaryl/α,β-unsaturated/α-hetero) is 2. The molecule has 0 spiro atoms. The van der Waals surface area contributed by atoms with Gasteiger partial charge in [-0.3, -0.25) is 24.2 Å². The maximum Gasteiger partial charge on any atom is 0.232 e. The van der Waals surface area contributed by atoms with Gasteiger partial charge in [0.1, 0.15) is 11.8 Å². The molecule has 0 aromatic heterocycles. The third kappa shape index (κ3) is 4.01. The summed E-state index contributed by atoms with van der Waals surface area (Å²) in [7, 11) is 5.09. The number of aliphatic hydroxyl groups excluding tert-OH is 1. The number of nitriles is 1. The van der Waals surface area contributed by atoms with Crippen molar-refractivity contribution in [3.63, 3.8) is 0 Å². The number of allylic oxidation sites excluding steroid dienone is 2. The minimum atomic E-state index is -0.787. The Bertz CT molecular complexity index is 1410. The molecule has 2 unspecified atom stereocenters. The Kier molecular flexibility index (Phi) is 7.20. The van der Waals surface area contributed by atoms with Gasteiger partial charge in [-0.25, -0.2) is 0 Å². The average molecular weight is 551 g/mol. The lowest BCUT2D eigenvalue weighted by Gasteiger charge is -2.60. The van der Waals surface area contributed by atoms with Crippen LogP contribution in [0.1, 0.15) is 43.0 Å². The monoisotopic (exact) mass is 550 g/mol. The van der Waals surface area contributed by atoms with Gasteiger partial charge in [-0.2, -0.15) is 5.26 Å². The molecule has 11 heteroatoms. The Hall–Kier alpha value is -3.72. The van der Waals surface area contributed by atoms with E-state index in [1.165, 1.54) is 21.0 Å². The van der Waals surface area contributed by atoms with Gasteiger partial charge in [0.05, 0.1) is 25.3 Å². The second-order valence-electron chi connectivity index (χ2n) is 10.8. The summed E-state index contributed by atoms with van der Waals surface area (Å²) in [6.45, 7) is 4.76. The predicted molar refractivity (Wildman–Crippen MR) is 143 cm³/mol. The molecule has 212 valence electrons. The quantitative estimate of drug-likeness (QED) is 0.305. The molecular formula is C29H34N4O7. The maximum atomic E-state index is 13.4. The Labute approximate surface area is 233 Å². The lowest BCUT2D eigenvalue weighted by atomic mass is 9.70. The molecule has 5 atom stereocenters. The van der Waals surface area contributed by atoms with Crippen molar-refractivity contribution in [1.82, 2.24) is 15.1 Å². The number of ether oxygens (including phenoxy) is 3. The van der Waals surface area contributed by atoms with Crippen molar-refractivity contribution in [1.29, 1.82) is 5.26 Å². The highest BCUT2D eigenvalue weighted by Gasteiger charge is 2.57. The summed E-state index contributed by atoms with van der Waals surface area (Å²) < 4.78 is 17.1. The van der Waals surface area contributed by atoms with Gasteiger partial charge in [0, 0.05) is 54.9 Å². The van der Waals surface area contributed by atoms with Crippen molar-refractivity contribution >= 4 is 17.5 Å². The molecule has 4 aliphatic rings. The predicted octanol–water partition coefficient (Wildman–Crippen LogP) is 1.65. The molecule has 2 N–H and O–H groups in total. The van der Waals surface area contributed by atoms with E-state index in [4.69, 9.17) is 14.2 Å². The third-order valence-corrected chi connectivity index (χ3v) is 8.73. The number of methoxy groups -OCH3 is 2. The van der Waals surface area contributed by atoms with Crippen LogP contribution in [0.3, 0.4) is 0 Å². The van der Waals surface area contributed by atoms with Crippen LogP contribution in [0.4, 0.5) is 0 Å². The number of benzene rings is 1. The fourth-order valence-corrected chi connectivity index (χ4v) is 7.06. The fourth-order valence-electron chi connectivity index (χ4n) is 7.06. The molecule has 5 rings (SSSR count). The number of fused-ring (bicyclic) bond motifs is 6. The molecule has 40 heavy (non-hydrogen) atoms. The zero-order valence-corrected chi connectivity index (χ0v) is 23.5. The largest absolute Gasteiger partial charge is 0.507 e. The highest BCUT2D eigenvalue weighted by atomic mass is 16.7. The van der Waals surface area contributed by atoms with Crippen LogP contribution >= 0.6 is 0 Å². The van der Waals surface area contributed by atoms with Crippen LogP contribution in [0.2, 0.25) is 0 Å². The van der Waals surface area contributed by atoms with Crippen LogP contribution in [0.5, 0.6) is 11.5 Å². The van der Waals surface area contributed by atoms with Crippen molar-refractivity contribution < 1.29 is 33.7 Å². The number of piperazine rings is 1. The van der Waals surface area contributed by atoms with E-state index in [0.717, 1.165) is 16.7 Å². The summed E-state index contributed by atoms with van der Waals surface area (Å²) in [6.07, 6.45) is 0.751. The minimum absolute atomic E-state index is 0.000180. The van der Waals surface area contributed by atoms with E-state index >= 15 is 0 Å². The van der Waals surface area contributed by atoms with Crippen molar-refractivity contribution in [3.8, 4) is 17.6 Å². The van der Waals surface area contributed by atoms with Gasteiger partial charge in [-0.05, 0) is 44.9 Å². The van der Waals surface area contributed by atoms with Gasteiger partial charge in [0.15, 0.2) is 18.3 Å². The fraction of sp³-hybridized carbons (Fsp3) is 0.517. The minimum Gasteiger partial charge on any atom is -0.507 e. The second-order valence-corrected chi connectivity index (χ2v) is 10.8. The van der Waals surface area contributed by atoms with Crippen molar-refractivity contribution in [2.45, 2.75) is 63.8 Å². The van der Waals surface area contributed by atoms with Gasteiger partial charge in [-0.15, -0.1) is 0 Å². The van der Waals surface area contributed by atoms with E-state index < -0.39 is 29.7 Å². The molecule has 1 aromatic rings. The molecule has 0 radical (unpaired) electrons. The summed E-state index contributed by atoms with van der Waals surface area (Å²) in [5.41, 5.74) is 3.35. The Morgan fingerprint density at radius 3 is 2.52 bits per heavy atom. The van der Waals surface area contributed by atoms with Crippen LogP contribution in [-0.4, -0.2) is 91.2 Å². The number of nitrogens with one attached hydrogen (secondary N) is 1. The molecule has 0 saturated carbocycles. The first-order valence-corrected chi connectivity index (χ1v) is 13.2. The van der Waals surface area contributed by atoms with Crippen molar-refractivity contribution in [3.05, 3.63) is 45.2 Å². The van der Waals surface area contributed by atoms with E-state index in [0.29, 0.717) is 23.5 Å². The molecule has 3 aliphatic heterocycles. The van der Waals surface area contributed by atoms with E-state index in [2.05, 4.69) is 22.4 Å². The molecule has 1 aliphatic carbocycles. The van der Waals surface area contributed by atoms with Crippen LogP contribution in [-0.2, 0) is 25.5 Å². The molecular weight excluding hydrogens is 516 g/mol. The Balaban J connectivity index is 1.76. The zero-order chi connectivity index (χ0) is 29.0. The summed E-state index contributed by atoms with van der Waals surface area (Å²) in [5, 5.41) is 24.5. The number of amides is 1. The maximum absolute atomic E-state index is 13.4. The lowest BCUT2D eigenvalue weighted by molar-refractivity contribution is -0.134. The lowest BCUT2D eigenvalue weighted by Crippen LogP contribution is -2.71. The van der Waals surface area contributed by atoms with E-state index in [-0.39, 0.29) is 54.7 Å². The molecule has 1 saturated heterocycles. The first kappa shape index (κ1) is 27.8. The Morgan fingerprint density at radius 1 is 1.18 bits per heavy atom. The third-order valence-electron chi connectivity index (χ3n) is 8.73. The average Bonchev–Trinajstić information content (AvgIpc) is 2.92. The number of likely N-dealkylation sites (N-methyl/N-ethyl adjacent to an activating group) is 1. The van der Waals surface area contributed by atoms with Gasteiger partial charge in [0.25, 0.3) is 0 Å². The van der Waals surface area contributed by atoms with Crippen LogP contribution in [0, 0.1) is 18.3 Å². The van der Waals surface area contributed by atoms with Gasteiger partial charge >= 0.3 is 0 Å². The van der Waals surface area contributed by atoms with E-state index in [1.54, 1.807) is 7.11 Å².